The van der Waals surface area contributed by atoms with E-state index in [2.05, 4.69) is 12.2 Å². The monoisotopic (exact) mass is 239 g/mol. The second-order valence-corrected chi connectivity index (χ2v) is 5.76. The van der Waals surface area contributed by atoms with Crippen LogP contribution in [-0.2, 0) is 0 Å². The predicted molar refractivity (Wildman–Crippen MR) is 77.5 cm³/mol. The molecule has 0 aliphatic carbocycles. The van der Waals surface area contributed by atoms with Crippen LogP contribution in [0.3, 0.4) is 0 Å². The highest BCUT2D eigenvalue weighted by Crippen LogP contribution is 2.14. The maximum atomic E-state index is 3.48. The molecule has 0 aromatic carbocycles. The average Bonchev–Trinajstić information content (AvgIpc) is 2.28. The fraction of sp³-hybridized carbons (Fsp3) is 1.00. The molecule has 1 aliphatic rings. The molecule has 1 rings (SSSR count). The maximum absolute atomic E-state index is 3.48. The Balaban J connectivity index is 1.64. The Hall–Kier alpha value is -0.0400. The van der Waals surface area contributed by atoms with E-state index in [1.165, 1.54) is 90.0 Å². The second-order valence-electron chi connectivity index (χ2n) is 5.76. The Kier molecular flexibility index (Phi) is 9.78. The van der Waals surface area contributed by atoms with Crippen molar-refractivity contribution in [3.8, 4) is 0 Å². The fourth-order valence-corrected chi connectivity index (χ4v) is 2.65. The van der Waals surface area contributed by atoms with Gasteiger partial charge in [0.15, 0.2) is 0 Å². The summed E-state index contributed by atoms with van der Waals surface area (Å²) in [6.45, 7) is 3.56. The zero-order chi connectivity index (χ0) is 12.2. The van der Waals surface area contributed by atoms with Gasteiger partial charge < -0.3 is 5.32 Å². The van der Waals surface area contributed by atoms with E-state index < -0.39 is 0 Å². The maximum Gasteiger partial charge on any atom is 0.00791 e. The van der Waals surface area contributed by atoms with E-state index in [4.69, 9.17) is 0 Å². The van der Waals surface area contributed by atoms with Gasteiger partial charge in [0.05, 0.1) is 0 Å². The van der Waals surface area contributed by atoms with Crippen molar-refractivity contribution in [2.75, 3.05) is 6.54 Å². The minimum absolute atomic E-state index is 0.883. The van der Waals surface area contributed by atoms with Crippen LogP contribution in [0.25, 0.3) is 0 Å². The van der Waals surface area contributed by atoms with E-state index in [1.807, 2.05) is 0 Å². The van der Waals surface area contributed by atoms with Crippen molar-refractivity contribution in [3.63, 3.8) is 0 Å². The lowest BCUT2D eigenvalue weighted by Gasteiger charge is -2.27. The van der Waals surface area contributed by atoms with Gasteiger partial charge in [-0.05, 0) is 19.4 Å². The molecular weight excluding hydrogens is 206 g/mol. The Morgan fingerprint density at radius 1 is 0.765 bits per heavy atom. The molecule has 0 saturated carbocycles. The molecule has 0 aromatic rings. The summed E-state index contributed by atoms with van der Waals surface area (Å²) in [7, 11) is 0. The Morgan fingerprint density at radius 2 is 1.24 bits per heavy atom. The summed E-state index contributed by atoms with van der Waals surface area (Å²) < 4.78 is 0. The van der Waals surface area contributed by atoms with Crippen molar-refractivity contribution in [3.05, 3.63) is 0 Å². The number of hydrogen-bond acceptors (Lipinski definition) is 1. The van der Waals surface area contributed by atoms with Gasteiger partial charge in [-0.15, -0.1) is 0 Å². The smallest absolute Gasteiger partial charge is 0.00791 e. The summed E-state index contributed by atoms with van der Waals surface area (Å²) in [6.07, 6.45) is 18.9. The predicted octanol–water partition coefficient (Wildman–Crippen LogP) is 5.05. The summed E-state index contributed by atoms with van der Waals surface area (Å²) >= 11 is 0. The van der Waals surface area contributed by atoms with E-state index in [-0.39, 0.29) is 0 Å². The van der Waals surface area contributed by atoms with E-state index in [0.29, 0.717) is 0 Å². The highest BCUT2D eigenvalue weighted by molar-refractivity contribution is 4.76. The van der Waals surface area contributed by atoms with Gasteiger partial charge in [0.2, 0.25) is 0 Å². The molecule has 1 heterocycles. The van der Waals surface area contributed by atoms with Crippen LogP contribution in [0.15, 0.2) is 0 Å². The third kappa shape index (κ3) is 8.65. The SMILES string of the molecule is CCCCCCCCCCCCCC1CCN1. The lowest BCUT2D eigenvalue weighted by atomic mass is 9.99. The van der Waals surface area contributed by atoms with Crippen molar-refractivity contribution < 1.29 is 0 Å². The summed E-state index contributed by atoms with van der Waals surface area (Å²) in [6, 6.07) is 0.883. The van der Waals surface area contributed by atoms with Gasteiger partial charge in [-0.25, -0.2) is 0 Å². The molecule has 0 spiro atoms. The standard InChI is InChI=1S/C16H33N/c1-2-3-4-5-6-7-8-9-10-11-12-13-16-14-15-17-16/h16-17H,2-15H2,1H3. The lowest BCUT2D eigenvalue weighted by Crippen LogP contribution is -2.42. The third-order valence-electron chi connectivity index (χ3n) is 4.08. The number of unbranched alkanes of at least 4 members (excludes halogenated alkanes) is 10. The van der Waals surface area contributed by atoms with E-state index >= 15 is 0 Å². The first-order valence-corrected chi connectivity index (χ1v) is 8.17. The van der Waals surface area contributed by atoms with E-state index in [1.54, 1.807) is 0 Å². The number of nitrogens with one attached hydrogen (secondary N) is 1. The molecule has 1 atom stereocenters. The van der Waals surface area contributed by atoms with Crippen LogP contribution in [0.2, 0.25) is 0 Å². The molecule has 0 aromatic heterocycles. The molecule has 0 amide bonds. The molecule has 1 saturated heterocycles. The van der Waals surface area contributed by atoms with Crippen LogP contribution >= 0.6 is 0 Å². The van der Waals surface area contributed by atoms with E-state index in [9.17, 15) is 0 Å². The molecule has 1 aliphatic heterocycles. The normalized spacial score (nSPS) is 19.2. The second kappa shape index (κ2) is 11.1. The lowest BCUT2D eigenvalue weighted by molar-refractivity contribution is 0.339. The van der Waals surface area contributed by atoms with Crippen molar-refractivity contribution in [2.45, 2.75) is 96.4 Å². The van der Waals surface area contributed by atoms with Gasteiger partial charge in [0.1, 0.15) is 0 Å². The summed E-state index contributed by atoms with van der Waals surface area (Å²) in [4.78, 5) is 0. The molecule has 1 nitrogen and oxygen atoms in total. The molecule has 0 bridgehead atoms. The molecule has 1 N–H and O–H groups in total. The molecule has 102 valence electrons. The molecule has 1 unspecified atom stereocenters. The minimum Gasteiger partial charge on any atom is -0.314 e. The highest BCUT2D eigenvalue weighted by atomic mass is 15.0. The summed E-state index contributed by atoms with van der Waals surface area (Å²) in [5.74, 6) is 0. The average molecular weight is 239 g/mol. The van der Waals surface area contributed by atoms with Crippen LogP contribution < -0.4 is 5.32 Å². The van der Waals surface area contributed by atoms with Gasteiger partial charge in [0, 0.05) is 6.04 Å². The topological polar surface area (TPSA) is 12.0 Å². The van der Waals surface area contributed by atoms with Crippen LogP contribution in [0.4, 0.5) is 0 Å². The van der Waals surface area contributed by atoms with Crippen LogP contribution in [0.1, 0.15) is 90.4 Å². The molecule has 1 heteroatoms. The molecule has 1 fully saturated rings. The molecular formula is C16H33N. The van der Waals surface area contributed by atoms with Crippen molar-refractivity contribution >= 4 is 0 Å². The van der Waals surface area contributed by atoms with Crippen molar-refractivity contribution in [1.82, 2.24) is 5.32 Å². The van der Waals surface area contributed by atoms with Gasteiger partial charge in [0.25, 0.3) is 0 Å². The van der Waals surface area contributed by atoms with Crippen molar-refractivity contribution in [1.29, 1.82) is 0 Å². The molecule has 17 heavy (non-hydrogen) atoms. The summed E-state index contributed by atoms with van der Waals surface area (Å²) in [5.41, 5.74) is 0. The van der Waals surface area contributed by atoms with E-state index in [0.717, 1.165) is 6.04 Å². The Labute approximate surface area is 109 Å². The van der Waals surface area contributed by atoms with Gasteiger partial charge >= 0.3 is 0 Å². The fourth-order valence-electron chi connectivity index (χ4n) is 2.65. The highest BCUT2D eigenvalue weighted by Gasteiger charge is 2.14. The number of rotatable bonds is 12. The largest absolute Gasteiger partial charge is 0.314 e. The Bertz CT molecular complexity index is 152. The van der Waals surface area contributed by atoms with Crippen LogP contribution in [0, 0.1) is 0 Å². The molecule has 0 radical (unpaired) electrons. The van der Waals surface area contributed by atoms with Crippen molar-refractivity contribution in [2.24, 2.45) is 0 Å². The quantitative estimate of drug-likeness (QED) is 0.470. The van der Waals surface area contributed by atoms with Gasteiger partial charge in [-0.3, -0.25) is 0 Å². The van der Waals surface area contributed by atoms with Gasteiger partial charge in [-0.1, -0.05) is 77.6 Å². The van der Waals surface area contributed by atoms with Gasteiger partial charge in [-0.2, -0.15) is 0 Å². The minimum atomic E-state index is 0.883. The Morgan fingerprint density at radius 3 is 1.65 bits per heavy atom. The van der Waals surface area contributed by atoms with Crippen LogP contribution in [0.5, 0.6) is 0 Å². The van der Waals surface area contributed by atoms with Crippen LogP contribution in [-0.4, -0.2) is 12.6 Å². The number of hydrogen-bond donors (Lipinski definition) is 1. The zero-order valence-electron chi connectivity index (χ0n) is 12.0. The first kappa shape index (κ1) is 15.0. The third-order valence-corrected chi connectivity index (χ3v) is 4.08. The zero-order valence-corrected chi connectivity index (χ0v) is 12.0. The first-order valence-electron chi connectivity index (χ1n) is 8.17. The first-order chi connectivity index (χ1) is 8.43. The summed E-state index contributed by atoms with van der Waals surface area (Å²) in [5, 5.41) is 3.48.